The number of primary amides is 1. The van der Waals surface area contributed by atoms with E-state index in [0.29, 0.717) is 12.1 Å². The average molecular weight is 307 g/mol. The Morgan fingerprint density at radius 1 is 1.27 bits per heavy atom. The molecule has 3 amide bonds. The Bertz CT molecular complexity index is 557. The molecular weight excluding hydrogens is 286 g/mol. The molecule has 0 spiro atoms. The summed E-state index contributed by atoms with van der Waals surface area (Å²) in [6.07, 6.45) is 0.479. The van der Waals surface area contributed by atoms with E-state index in [9.17, 15) is 14.4 Å². The van der Waals surface area contributed by atoms with Crippen LogP contribution in [0, 0.1) is 11.8 Å². The topological polar surface area (TPSA) is 122 Å². The number of anilines is 1. The van der Waals surface area contributed by atoms with Gasteiger partial charge in [0.15, 0.2) is 0 Å². The maximum Gasteiger partial charge on any atom is 0.319 e. The Kier molecular flexibility index (Phi) is 6.37. The highest BCUT2D eigenvalue weighted by Crippen LogP contribution is 2.12. The van der Waals surface area contributed by atoms with Crippen molar-refractivity contribution in [2.45, 2.75) is 20.3 Å². The first-order valence-corrected chi connectivity index (χ1v) is 6.97. The van der Waals surface area contributed by atoms with Crippen LogP contribution in [0.1, 0.15) is 30.6 Å². The Hall–Kier alpha value is -2.57. The third kappa shape index (κ3) is 5.82. The normalized spacial score (nSPS) is 11.8. The summed E-state index contributed by atoms with van der Waals surface area (Å²) in [5.41, 5.74) is 5.84. The third-order valence-electron chi connectivity index (χ3n) is 3.02. The molecule has 0 bridgehead atoms. The molecule has 0 aliphatic heterocycles. The van der Waals surface area contributed by atoms with E-state index in [1.165, 1.54) is 12.1 Å². The fraction of sp³-hybridized carbons (Fsp3) is 0.400. The SMILES string of the molecule is CC(C)CC(CNC(=O)Nc1cccc(C(N)=O)c1)C(=O)O. The molecule has 0 fully saturated rings. The molecule has 0 radical (unpaired) electrons. The van der Waals surface area contributed by atoms with Crippen LogP contribution >= 0.6 is 0 Å². The lowest BCUT2D eigenvalue weighted by atomic mass is 9.97. The minimum atomic E-state index is -0.940. The molecule has 0 aromatic heterocycles. The number of amides is 3. The van der Waals surface area contributed by atoms with Crippen LogP contribution in [-0.4, -0.2) is 29.6 Å². The van der Waals surface area contributed by atoms with Gasteiger partial charge in [-0.15, -0.1) is 0 Å². The molecule has 1 atom stereocenters. The number of aliphatic carboxylic acids is 1. The Balaban J connectivity index is 2.57. The predicted octanol–water partition coefficient (Wildman–Crippen LogP) is 1.65. The van der Waals surface area contributed by atoms with Crippen LogP contribution in [0.2, 0.25) is 0 Å². The number of carbonyl (C=O) groups excluding carboxylic acids is 2. The second-order valence-electron chi connectivity index (χ2n) is 5.44. The molecule has 5 N–H and O–H groups in total. The summed E-state index contributed by atoms with van der Waals surface area (Å²) in [5.74, 6) is -1.95. The predicted molar refractivity (Wildman–Crippen MR) is 82.6 cm³/mol. The van der Waals surface area contributed by atoms with E-state index in [1.54, 1.807) is 12.1 Å². The first kappa shape index (κ1) is 17.5. The van der Waals surface area contributed by atoms with Crippen LogP contribution in [0.25, 0.3) is 0 Å². The molecule has 1 aromatic carbocycles. The zero-order chi connectivity index (χ0) is 16.7. The molecule has 7 nitrogen and oxygen atoms in total. The van der Waals surface area contributed by atoms with Crippen LogP contribution in [0.3, 0.4) is 0 Å². The van der Waals surface area contributed by atoms with Crippen molar-refractivity contribution in [3.63, 3.8) is 0 Å². The Morgan fingerprint density at radius 3 is 2.50 bits per heavy atom. The lowest BCUT2D eigenvalue weighted by molar-refractivity contribution is -0.142. The molecule has 0 saturated heterocycles. The van der Waals surface area contributed by atoms with Crippen molar-refractivity contribution in [1.29, 1.82) is 0 Å². The zero-order valence-corrected chi connectivity index (χ0v) is 12.6. The number of hydrogen-bond acceptors (Lipinski definition) is 3. The van der Waals surface area contributed by atoms with Crippen molar-refractivity contribution in [3.8, 4) is 0 Å². The summed E-state index contributed by atoms with van der Waals surface area (Å²) in [6.45, 7) is 3.88. The molecule has 120 valence electrons. The number of urea groups is 1. The highest BCUT2D eigenvalue weighted by atomic mass is 16.4. The maximum atomic E-state index is 11.8. The molecular formula is C15H21N3O4. The molecule has 7 heteroatoms. The second kappa shape index (κ2) is 8.02. The van der Waals surface area contributed by atoms with Gasteiger partial charge in [-0.05, 0) is 30.5 Å². The number of carboxylic acid groups (broad SMARTS) is 1. The molecule has 1 aromatic rings. The van der Waals surface area contributed by atoms with Crippen molar-refractivity contribution in [1.82, 2.24) is 5.32 Å². The lowest BCUT2D eigenvalue weighted by Gasteiger charge is -2.15. The van der Waals surface area contributed by atoms with Gasteiger partial charge in [-0.3, -0.25) is 9.59 Å². The van der Waals surface area contributed by atoms with E-state index < -0.39 is 23.8 Å². The summed E-state index contributed by atoms with van der Waals surface area (Å²) in [7, 11) is 0. The van der Waals surface area contributed by atoms with Crippen LogP contribution in [0.5, 0.6) is 0 Å². The molecule has 0 heterocycles. The number of carbonyl (C=O) groups is 3. The average Bonchev–Trinajstić information content (AvgIpc) is 2.43. The van der Waals surface area contributed by atoms with E-state index in [-0.39, 0.29) is 18.0 Å². The summed E-state index contributed by atoms with van der Waals surface area (Å²) in [5, 5.41) is 14.2. The van der Waals surface area contributed by atoms with Gasteiger partial charge in [0, 0.05) is 17.8 Å². The van der Waals surface area contributed by atoms with Crippen LogP contribution in [0.4, 0.5) is 10.5 Å². The van der Waals surface area contributed by atoms with Gasteiger partial charge < -0.3 is 21.5 Å². The van der Waals surface area contributed by atoms with Gasteiger partial charge in [0.1, 0.15) is 0 Å². The monoisotopic (exact) mass is 307 g/mol. The number of carboxylic acids is 1. The van der Waals surface area contributed by atoms with Gasteiger partial charge in [-0.25, -0.2) is 4.79 Å². The number of hydrogen-bond donors (Lipinski definition) is 4. The van der Waals surface area contributed by atoms with Gasteiger partial charge in [0.05, 0.1) is 5.92 Å². The van der Waals surface area contributed by atoms with E-state index in [0.717, 1.165) is 0 Å². The van der Waals surface area contributed by atoms with Gasteiger partial charge in [0.25, 0.3) is 0 Å². The van der Waals surface area contributed by atoms with Crippen LogP contribution < -0.4 is 16.4 Å². The van der Waals surface area contributed by atoms with Crippen LogP contribution in [0.15, 0.2) is 24.3 Å². The minimum Gasteiger partial charge on any atom is -0.481 e. The Labute approximate surface area is 128 Å². The number of nitrogens with two attached hydrogens (primary N) is 1. The molecule has 22 heavy (non-hydrogen) atoms. The largest absolute Gasteiger partial charge is 0.481 e. The summed E-state index contributed by atoms with van der Waals surface area (Å²) in [6, 6.07) is 5.65. The lowest BCUT2D eigenvalue weighted by Crippen LogP contribution is -2.36. The van der Waals surface area contributed by atoms with Crippen molar-refractivity contribution in [2.75, 3.05) is 11.9 Å². The van der Waals surface area contributed by atoms with Crippen molar-refractivity contribution in [2.24, 2.45) is 17.6 Å². The highest BCUT2D eigenvalue weighted by Gasteiger charge is 2.19. The maximum absolute atomic E-state index is 11.8. The van der Waals surface area contributed by atoms with Gasteiger partial charge in [-0.1, -0.05) is 19.9 Å². The van der Waals surface area contributed by atoms with Gasteiger partial charge in [0.2, 0.25) is 5.91 Å². The second-order valence-corrected chi connectivity index (χ2v) is 5.44. The van der Waals surface area contributed by atoms with Crippen molar-refractivity contribution < 1.29 is 19.5 Å². The molecule has 0 saturated carbocycles. The number of nitrogens with one attached hydrogen (secondary N) is 2. The van der Waals surface area contributed by atoms with Gasteiger partial charge in [-0.2, -0.15) is 0 Å². The van der Waals surface area contributed by atoms with Crippen LogP contribution in [-0.2, 0) is 4.79 Å². The van der Waals surface area contributed by atoms with Crippen molar-refractivity contribution in [3.05, 3.63) is 29.8 Å². The van der Waals surface area contributed by atoms with Gasteiger partial charge >= 0.3 is 12.0 Å². The molecule has 0 aliphatic rings. The Morgan fingerprint density at radius 2 is 1.95 bits per heavy atom. The quantitative estimate of drug-likeness (QED) is 0.612. The molecule has 0 aliphatic carbocycles. The fourth-order valence-corrected chi connectivity index (χ4v) is 1.98. The van der Waals surface area contributed by atoms with E-state index >= 15 is 0 Å². The number of benzene rings is 1. The van der Waals surface area contributed by atoms with E-state index in [2.05, 4.69) is 10.6 Å². The van der Waals surface area contributed by atoms with Crippen molar-refractivity contribution >= 4 is 23.6 Å². The number of rotatable bonds is 7. The first-order chi connectivity index (χ1) is 10.3. The molecule has 1 unspecified atom stereocenters. The zero-order valence-electron chi connectivity index (χ0n) is 12.6. The summed E-state index contributed by atoms with van der Waals surface area (Å²) >= 11 is 0. The van der Waals surface area contributed by atoms with E-state index in [1.807, 2.05) is 13.8 Å². The standard InChI is InChI=1S/C15H21N3O4/c1-9(2)6-11(14(20)21)8-17-15(22)18-12-5-3-4-10(7-12)13(16)19/h3-5,7,9,11H,6,8H2,1-2H3,(H2,16,19)(H,20,21)(H2,17,18,22). The first-order valence-electron chi connectivity index (χ1n) is 6.97. The molecule has 1 rings (SSSR count). The fourth-order valence-electron chi connectivity index (χ4n) is 1.98. The summed E-state index contributed by atoms with van der Waals surface area (Å²) in [4.78, 5) is 33.9. The highest BCUT2D eigenvalue weighted by molar-refractivity contribution is 5.95. The third-order valence-corrected chi connectivity index (χ3v) is 3.02. The summed E-state index contributed by atoms with van der Waals surface area (Å²) < 4.78 is 0. The smallest absolute Gasteiger partial charge is 0.319 e. The van der Waals surface area contributed by atoms with E-state index in [4.69, 9.17) is 10.8 Å². The minimum absolute atomic E-state index is 0.0366.